The average molecular weight is 454 g/mol. The molecule has 0 saturated carbocycles. The highest BCUT2D eigenvalue weighted by Crippen LogP contribution is 2.24. The Labute approximate surface area is 157 Å². The molecular formula is C18H16FIN2O3. The Morgan fingerprint density at radius 1 is 1.40 bits per heavy atom. The van der Waals surface area contributed by atoms with E-state index in [0.29, 0.717) is 16.7 Å². The molecule has 1 aromatic carbocycles. The number of halogens is 2. The van der Waals surface area contributed by atoms with E-state index in [1.165, 1.54) is 6.07 Å². The number of ether oxygens (including phenoxy) is 1. The molecule has 0 amide bonds. The third kappa shape index (κ3) is 4.05. The van der Waals surface area contributed by atoms with E-state index in [0.717, 1.165) is 9.09 Å². The highest BCUT2D eigenvalue weighted by Gasteiger charge is 2.19. The third-order valence-corrected chi connectivity index (χ3v) is 4.51. The summed E-state index contributed by atoms with van der Waals surface area (Å²) in [7, 11) is 0. The largest absolute Gasteiger partial charge is 0.394 e. The summed E-state index contributed by atoms with van der Waals surface area (Å²) >= 11 is 2.06. The van der Waals surface area contributed by atoms with Gasteiger partial charge in [0, 0.05) is 34.1 Å². The molecule has 0 bridgehead atoms. The molecule has 0 fully saturated rings. The quantitative estimate of drug-likeness (QED) is 0.339. The van der Waals surface area contributed by atoms with E-state index in [9.17, 15) is 9.18 Å². The molecule has 0 aliphatic carbocycles. The molecule has 1 N–H and O–H groups in total. The van der Waals surface area contributed by atoms with Crippen LogP contribution in [-0.2, 0) is 11.2 Å². The first-order valence-corrected chi connectivity index (χ1v) is 8.77. The van der Waals surface area contributed by atoms with E-state index in [1.54, 1.807) is 35.3 Å². The van der Waals surface area contributed by atoms with Crippen LogP contribution in [-0.4, -0.2) is 40.1 Å². The van der Waals surface area contributed by atoms with Crippen molar-refractivity contribution in [3.63, 3.8) is 0 Å². The molecule has 0 aliphatic rings. The highest BCUT2D eigenvalue weighted by molar-refractivity contribution is 14.1. The number of carbonyl (C=O) groups is 1. The lowest BCUT2D eigenvalue weighted by Gasteiger charge is -2.07. The minimum absolute atomic E-state index is 0.0990. The molecule has 0 atom stereocenters. The summed E-state index contributed by atoms with van der Waals surface area (Å²) in [4.78, 5) is 16.6. The number of nitrogens with zero attached hydrogens (tertiary/aromatic N) is 2. The Kier molecular flexibility index (Phi) is 5.77. The van der Waals surface area contributed by atoms with Crippen LogP contribution in [0.25, 0.3) is 5.52 Å². The maximum Gasteiger partial charge on any atom is 0.190 e. The van der Waals surface area contributed by atoms with Gasteiger partial charge in [-0.1, -0.05) is 6.07 Å². The Morgan fingerprint density at radius 3 is 3.00 bits per heavy atom. The number of hydrogen-bond donors (Lipinski definition) is 1. The Hall–Kier alpha value is -1.84. The van der Waals surface area contributed by atoms with Gasteiger partial charge in [0.05, 0.1) is 24.9 Å². The first kappa shape index (κ1) is 18.0. The average Bonchev–Trinajstić information content (AvgIpc) is 2.96. The van der Waals surface area contributed by atoms with Gasteiger partial charge in [0.15, 0.2) is 5.78 Å². The van der Waals surface area contributed by atoms with Crippen LogP contribution >= 0.6 is 22.6 Å². The van der Waals surface area contributed by atoms with Gasteiger partial charge in [0.2, 0.25) is 0 Å². The maximum atomic E-state index is 14.3. The van der Waals surface area contributed by atoms with E-state index in [4.69, 9.17) is 9.84 Å². The zero-order valence-electron chi connectivity index (χ0n) is 13.3. The fourth-order valence-electron chi connectivity index (χ4n) is 2.66. The first-order valence-electron chi connectivity index (χ1n) is 7.69. The van der Waals surface area contributed by atoms with Crippen molar-refractivity contribution in [2.75, 3.05) is 19.8 Å². The smallest absolute Gasteiger partial charge is 0.190 e. The van der Waals surface area contributed by atoms with Crippen molar-refractivity contribution in [2.24, 2.45) is 0 Å². The van der Waals surface area contributed by atoms with E-state index in [1.807, 2.05) is 6.07 Å². The fourth-order valence-corrected chi connectivity index (χ4v) is 3.11. The number of hydrogen-bond acceptors (Lipinski definition) is 4. The van der Waals surface area contributed by atoms with Crippen molar-refractivity contribution in [3.8, 4) is 0 Å². The summed E-state index contributed by atoms with van der Waals surface area (Å²) in [5.74, 6) is -0.511. The van der Waals surface area contributed by atoms with Crippen LogP contribution < -0.4 is 0 Å². The molecule has 0 unspecified atom stereocenters. The number of aliphatic hydroxyl groups excluding tert-OH is 1. The van der Waals surface area contributed by atoms with Crippen LogP contribution in [0, 0.1) is 9.39 Å². The van der Waals surface area contributed by atoms with Crippen molar-refractivity contribution in [1.82, 2.24) is 9.38 Å². The Balaban J connectivity index is 1.99. The summed E-state index contributed by atoms with van der Waals surface area (Å²) in [5.41, 5.74) is 2.46. The van der Waals surface area contributed by atoms with Crippen LogP contribution in [0.1, 0.15) is 21.5 Å². The van der Waals surface area contributed by atoms with Gasteiger partial charge in [-0.2, -0.15) is 0 Å². The number of aromatic nitrogens is 2. The monoisotopic (exact) mass is 454 g/mol. The van der Waals surface area contributed by atoms with E-state index < -0.39 is 0 Å². The van der Waals surface area contributed by atoms with Gasteiger partial charge in [-0.25, -0.2) is 4.39 Å². The summed E-state index contributed by atoms with van der Waals surface area (Å²) in [6.07, 6.45) is 7.02. The summed E-state index contributed by atoms with van der Waals surface area (Å²) in [5, 5.41) is 8.78. The van der Waals surface area contributed by atoms with E-state index in [2.05, 4.69) is 27.6 Å². The van der Waals surface area contributed by atoms with Crippen LogP contribution in [0.3, 0.4) is 0 Å². The van der Waals surface area contributed by atoms with E-state index in [-0.39, 0.29) is 37.8 Å². The second-order valence-corrected chi connectivity index (χ2v) is 6.75. The van der Waals surface area contributed by atoms with Gasteiger partial charge in [-0.05, 0) is 45.9 Å². The van der Waals surface area contributed by atoms with Gasteiger partial charge >= 0.3 is 0 Å². The Morgan fingerprint density at radius 2 is 2.24 bits per heavy atom. The predicted octanol–water partition coefficient (Wildman–Crippen LogP) is 2.86. The number of rotatable bonds is 7. The van der Waals surface area contributed by atoms with Gasteiger partial charge in [0.1, 0.15) is 12.4 Å². The zero-order valence-corrected chi connectivity index (χ0v) is 15.4. The number of aliphatic hydroxyl groups is 1. The number of benzene rings is 1. The molecule has 7 heteroatoms. The molecule has 3 aromatic rings. The molecule has 2 aromatic heterocycles. The van der Waals surface area contributed by atoms with Gasteiger partial charge in [-0.15, -0.1) is 0 Å². The molecule has 130 valence electrons. The van der Waals surface area contributed by atoms with Crippen molar-refractivity contribution in [3.05, 3.63) is 69.1 Å². The number of Topliss-reactive ketones (excluding diaryl/α,β-unsaturated/α-hetero) is 1. The third-order valence-electron chi connectivity index (χ3n) is 3.84. The summed E-state index contributed by atoms with van der Waals surface area (Å²) < 4.78 is 22.0. The molecule has 25 heavy (non-hydrogen) atoms. The van der Waals surface area contributed by atoms with Crippen molar-refractivity contribution in [1.29, 1.82) is 0 Å². The standard InChI is InChI=1S/C18H16FIN2O3/c19-16-8-13(20)2-1-12(16)7-14-15(18(24)11-25-6-5-23)10-22-4-3-21-9-17(14)22/h1-4,8-10,23H,5-7,11H2. The van der Waals surface area contributed by atoms with Gasteiger partial charge in [-0.3, -0.25) is 9.78 Å². The van der Waals surface area contributed by atoms with Crippen LogP contribution in [0.2, 0.25) is 0 Å². The molecule has 0 saturated heterocycles. The fraction of sp³-hybridized carbons (Fsp3) is 0.222. The summed E-state index contributed by atoms with van der Waals surface area (Å²) in [6, 6.07) is 5.03. The van der Waals surface area contributed by atoms with Crippen molar-refractivity contribution in [2.45, 2.75) is 6.42 Å². The second kappa shape index (κ2) is 8.03. The molecule has 0 aliphatic heterocycles. The molecule has 0 radical (unpaired) electrons. The topological polar surface area (TPSA) is 63.8 Å². The predicted molar refractivity (Wildman–Crippen MR) is 99.4 cm³/mol. The lowest BCUT2D eigenvalue weighted by Crippen LogP contribution is -2.12. The highest BCUT2D eigenvalue weighted by atomic mass is 127. The van der Waals surface area contributed by atoms with Gasteiger partial charge < -0.3 is 14.2 Å². The van der Waals surface area contributed by atoms with E-state index >= 15 is 0 Å². The molecule has 2 heterocycles. The minimum atomic E-state index is -0.301. The molecule has 0 spiro atoms. The minimum Gasteiger partial charge on any atom is -0.394 e. The molecular weight excluding hydrogens is 438 g/mol. The summed E-state index contributed by atoms with van der Waals surface area (Å²) in [6.45, 7) is -0.176. The first-order chi connectivity index (χ1) is 12.1. The van der Waals surface area contributed by atoms with Crippen LogP contribution in [0.5, 0.6) is 0 Å². The SMILES string of the molecule is O=C(COCCO)c1cn2ccncc2c1Cc1ccc(I)cc1F. The van der Waals surface area contributed by atoms with Crippen LogP contribution in [0.4, 0.5) is 4.39 Å². The Bertz CT molecular complexity index is 910. The number of ketones is 1. The van der Waals surface area contributed by atoms with Crippen molar-refractivity contribution >= 4 is 33.9 Å². The number of carbonyl (C=O) groups excluding carboxylic acids is 1. The zero-order chi connectivity index (χ0) is 17.8. The normalized spacial score (nSPS) is 11.2. The van der Waals surface area contributed by atoms with Crippen molar-refractivity contribution < 1.29 is 19.0 Å². The molecule has 3 rings (SSSR count). The lowest BCUT2D eigenvalue weighted by molar-refractivity contribution is 0.0663. The molecule has 5 nitrogen and oxygen atoms in total. The van der Waals surface area contributed by atoms with Crippen LogP contribution in [0.15, 0.2) is 43.0 Å². The second-order valence-electron chi connectivity index (χ2n) is 5.50. The maximum absolute atomic E-state index is 14.3. The lowest BCUT2D eigenvalue weighted by atomic mass is 10.00. The van der Waals surface area contributed by atoms with Gasteiger partial charge in [0.25, 0.3) is 0 Å². The number of fused-ring (bicyclic) bond motifs is 1.